The minimum Gasteiger partial charge on any atom is -0.484 e. The summed E-state index contributed by atoms with van der Waals surface area (Å²) in [5.74, 6) is 0.450. The molecule has 144 valence electrons. The van der Waals surface area contributed by atoms with Gasteiger partial charge in [0.25, 0.3) is 5.91 Å². The Balaban J connectivity index is 1.56. The molecule has 0 atom stereocenters. The van der Waals surface area contributed by atoms with Gasteiger partial charge < -0.3 is 14.5 Å². The topological polar surface area (TPSA) is 32.8 Å². The van der Waals surface area contributed by atoms with E-state index >= 15 is 0 Å². The number of aryl methyl sites for hydroxylation is 1. The Bertz CT molecular complexity index is 783. The van der Waals surface area contributed by atoms with Gasteiger partial charge in [0.1, 0.15) is 5.75 Å². The van der Waals surface area contributed by atoms with Crippen molar-refractivity contribution < 1.29 is 22.7 Å². The number of rotatable bonds is 4. The molecule has 0 spiro atoms. The van der Waals surface area contributed by atoms with Gasteiger partial charge in [-0.1, -0.05) is 29.8 Å². The summed E-state index contributed by atoms with van der Waals surface area (Å²) in [4.78, 5) is 15.6. The molecule has 1 aliphatic heterocycles. The van der Waals surface area contributed by atoms with Crippen molar-refractivity contribution in [3.63, 3.8) is 0 Å². The maximum Gasteiger partial charge on any atom is 0.418 e. The first kappa shape index (κ1) is 19.1. The van der Waals surface area contributed by atoms with Crippen LogP contribution in [0.2, 0.25) is 0 Å². The number of carbonyl (C=O) groups is 1. The van der Waals surface area contributed by atoms with E-state index < -0.39 is 11.7 Å². The predicted molar refractivity (Wildman–Crippen MR) is 96.9 cm³/mol. The molecule has 0 radical (unpaired) electrons. The van der Waals surface area contributed by atoms with Crippen molar-refractivity contribution in [2.24, 2.45) is 0 Å². The molecule has 1 heterocycles. The summed E-state index contributed by atoms with van der Waals surface area (Å²) in [5, 5.41) is 0. The van der Waals surface area contributed by atoms with Crippen molar-refractivity contribution in [1.29, 1.82) is 0 Å². The Kier molecular flexibility index (Phi) is 5.58. The number of anilines is 1. The fraction of sp³-hybridized carbons (Fsp3) is 0.350. The number of carbonyl (C=O) groups excluding carboxylic acids is 1. The second-order valence-corrected chi connectivity index (χ2v) is 6.48. The first-order chi connectivity index (χ1) is 12.8. The predicted octanol–water partition coefficient (Wildman–Crippen LogP) is 3.74. The fourth-order valence-electron chi connectivity index (χ4n) is 3.06. The highest BCUT2D eigenvalue weighted by molar-refractivity contribution is 5.78. The normalized spacial score (nSPS) is 15.0. The van der Waals surface area contributed by atoms with Crippen LogP contribution in [0.1, 0.15) is 11.1 Å². The number of ether oxygens (including phenoxy) is 1. The summed E-state index contributed by atoms with van der Waals surface area (Å²) >= 11 is 0. The van der Waals surface area contributed by atoms with Crippen LogP contribution in [-0.2, 0) is 11.0 Å². The standard InChI is InChI=1S/C20H21F3N2O2/c1-15-6-8-16(9-7-15)27-14-19(26)25-12-10-24(11-13-25)18-5-3-2-4-17(18)20(21,22)23/h2-9H,10-14H2,1H3. The number of hydrogen-bond acceptors (Lipinski definition) is 3. The van der Waals surface area contributed by atoms with E-state index in [1.165, 1.54) is 12.1 Å². The Labute approximate surface area is 156 Å². The van der Waals surface area contributed by atoms with E-state index in [4.69, 9.17) is 4.74 Å². The lowest BCUT2D eigenvalue weighted by Crippen LogP contribution is -2.50. The van der Waals surface area contributed by atoms with Crippen LogP contribution in [0, 0.1) is 6.92 Å². The van der Waals surface area contributed by atoms with E-state index in [9.17, 15) is 18.0 Å². The number of amides is 1. The van der Waals surface area contributed by atoms with E-state index in [0.29, 0.717) is 31.9 Å². The number of nitrogens with zero attached hydrogens (tertiary/aromatic N) is 2. The molecule has 0 N–H and O–H groups in total. The second kappa shape index (κ2) is 7.90. The highest BCUT2D eigenvalue weighted by Gasteiger charge is 2.35. The lowest BCUT2D eigenvalue weighted by molar-refractivity contribution is -0.137. The van der Waals surface area contributed by atoms with E-state index in [1.54, 1.807) is 28.0 Å². The lowest BCUT2D eigenvalue weighted by Gasteiger charge is -2.37. The molecule has 27 heavy (non-hydrogen) atoms. The van der Waals surface area contributed by atoms with Crippen LogP contribution in [0.5, 0.6) is 5.75 Å². The Morgan fingerprint density at radius 3 is 2.26 bits per heavy atom. The van der Waals surface area contributed by atoms with Gasteiger partial charge in [-0.05, 0) is 31.2 Å². The first-order valence-corrected chi connectivity index (χ1v) is 8.73. The smallest absolute Gasteiger partial charge is 0.418 e. The van der Waals surface area contributed by atoms with Crippen LogP contribution < -0.4 is 9.64 Å². The highest BCUT2D eigenvalue weighted by atomic mass is 19.4. The molecule has 0 unspecified atom stereocenters. The Morgan fingerprint density at radius 1 is 1.00 bits per heavy atom. The third-order valence-electron chi connectivity index (χ3n) is 4.57. The monoisotopic (exact) mass is 378 g/mol. The van der Waals surface area contributed by atoms with E-state index in [2.05, 4.69) is 0 Å². The molecule has 0 bridgehead atoms. The number of benzene rings is 2. The molecule has 2 aromatic rings. The zero-order chi connectivity index (χ0) is 19.4. The maximum atomic E-state index is 13.2. The first-order valence-electron chi connectivity index (χ1n) is 8.73. The average molecular weight is 378 g/mol. The van der Waals surface area contributed by atoms with Gasteiger partial charge in [0.05, 0.1) is 5.56 Å². The molecular formula is C20H21F3N2O2. The van der Waals surface area contributed by atoms with Crippen molar-refractivity contribution in [1.82, 2.24) is 4.90 Å². The van der Waals surface area contributed by atoms with Gasteiger partial charge in [-0.3, -0.25) is 4.79 Å². The van der Waals surface area contributed by atoms with Gasteiger partial charge in [-0.15, -0.1) is 0 Å². The van der Waals surface area contributed by atoms with Crippen molar-refractivity contribution in [3.8, 4) is 5.75 Å². The minimum atomic E-state index is -4.40. The van der Waals surface area contributed by atoms with Crippen LogP contribution in [0.4, 0.5) is 18.9 Å². The largest absolute Gasteiger partial charge is 0.484 e. The molecule has 1 saturated heterocycles. The number of alkyl halides is 3. The van der Waals surface area contributed by atoms with Gasteiger partial charge in [0.2, 0.25) is 0 Å². The summed E-state index contributed by atoms with van der Waals surface area (Å²) in [6, 6.07) is 12.9. The third-order valence-corrected chi connectivity index (χ3v) is 4.57. The van der Waals surface area contributed by atoms with Crippen LogP contribution in [0.15, 0.2) is 48.5 Å². The van der Waals surface area contributed by atoms with Crippen LogP contribution in [0.25, 0.3) is 0 Å². The SMILES string of the molecule is Cc1ccc(OCC(=O)N2CCN(c3ccccc3C(F)(F)F)CC2)cc1. The van der Waals surface area contributed by atoms with Gasteiger partial charge in [0, 0.05) is 31.9 Å². The molecule has 0 saturated carbocycles. The minimum absolute atomic E-state index is 0.0812. The molecule has 4 nitrogen and oxygen atoms in total. The van der Waals surface area contributed by atoms with Crippen molar-refractivity contribution >= 4 is 11.6 Å². The summed E-state index contributed by atoms with van der Waals surface area (Å²) in [6.45, 7) is 3.31. The third kappa shape index (κ3) is 4.72. The zero-order valence-corrected chi connectivity index (χ0v) is 15.0. The average Bonchev–Trinajstić information content (AvgIpc) is 2.67. The van der Waals surface area contributed by atoms with Crippen LogP contribution >= 0.6 is 0 Å². The maximum absolute atomic E-state index is 13.2. The summed E-state index contributed by atoms with van der Waals surface area (Å²) < 4.78 is 45.1. The summed E-state index contributed by atoms with van der Waals surface area (Å²) in [6.07, 6.45) is -4.40. The van der Waals surface area contributed by atoms with Crippen LogP contribution in [-0.4, -0.2) is 43.6 Å². The summed E-state index contributed by atoms with van der Waals surface area (Å²) in [7, 11) is 0. The quantitative estimate of drug-likeness (QED) is 0.813. The van der Waals surface area contributed by atoms with Gasteiger partial charge >= 0.3 is 6.18 Å². The molecule has 2 aromatic carbocycles. The van der Waals surface area contributed by atoms with Crippen molar-refractivity contribution in [2.45, 2.75) is 13.1 Å². The van der Waals surface area contributed by atoms with Crippen molar-refractivity contribution in [3.05, 3.63) is 59.7 Å². The van der Waals surface area contributed by atoms with E-state index in [0.717, 1.165) is 11.6 Å². The lowest BCUT2D eigenvalue weighted by atomic mass is 10.1. The second-order valence-electron chi connectivity index (χ2n) is 6.48. The summed E-state index contributed by atoms with van der Waals surface area (Å²) in [5.41, 5.74) is 0.615. The van der Waals surface area contributed by atoms with E-state index in [1.807, 2.05) is 19.1 Å². The number of para-hydroxylation sites is 1. The number of hydrogen-bond donors (Lipinski definition) is 0. The molecule has 1 amide bonds. The van der Waals surface area contributed by atoms with Gasteiger partial charge in [-0.25, -0.2) is 0 Å². The molecule has 0 aromatic heterocycles. The molecule has 0 aliphatic carbocycles. The fourth-order valence-corrected chi connectivity index (χ4v) is 3.06. The molecular weight excluding hydrogens is 357 g/mol. The molecule has 1 aliphatic rings. The van der Waals surface area contributed by atoms with Gasteiger partial charge in [0.15, 0.2) is 6.61 Å². The van der Waals surface area contributed by atoms with Crippen LogP contribution in [0.3, 0.4) is 0 Å². The number of halogens is 3. The zero-order valence-electron chi connectivity index (χ0n) is 15.0. The Hall–Kier alpha value is -2.70. The molecule has 1 fully saturated rings. The molecule has 7 heteroatoms. The van der Waals surface area contributed by atoms with E-state index in [-0.39, 0.29) is 18.2 Å². The molecule has 3 rings (SSSR count). The van der Waals surface area contributed by atoms with Gasteiger partial charge in [-0.2, -0.15) is 13.2 Å². The number of piperazine rings is 1. The highest BCUT2D eigenvalue weighted by Crippen LogP contribution is 2.36. The Morgan fingerprint density at radius 2 is 1.63 bits per heavy atom. The van der Waals surface area contributed by atoms with Crippen molar-refractivity contribution in [2.75, 3.05) is 37.7 Å².